The third kappa shape index (κ3) is 1.62. The fourth-order valence-electron chi connectivity index (χ4n) is 1.49. The van der Waals surface area contributed by atoms with Gasteiger partial charge in [-0.05, 0) is 30.8 Å². The average molecular weight is 213 g/mol. The highest BCUT2D eigenvalue weighted by atomic mass is 32.1. The van der Waals surface area contributed by atoms with Gasteiger partial charge in [0.2, 0.25) is 0 Å². The minimum Gasteiger partial charge on any atom is -0.394 e. The van der Waals surface area contributed by atoms with E-state index in [9.17, 15) is 4.79 Å². The Labute approximate surface area is 85.3 Å². The van der Waals surface area contributed by atoms with Gasteiger partial charge in [0.15, 0.2) is 5.69 Å². The largest absolute Gasteiger partial charge is 0.394 e. The van der Waals surface area contributed by atoms with Gasteiger partial charge in [0, 0.05) is 5.38 Å². The molecule has 0 spiro atoms. The molecule has 0 bridgehead atoms. The number of rotatable bonds is 3. The lowest BCUT2D eigenvalue weighted by Gasteiger charge is -2.40. The number of nitrogens with one attached hydrogen (secondary N) is 1. The molecular weight excluding hydrogens is 202 g/mol. The number of aromatic nitrogens is 2. The molecule has 1 aromatic rings. The molecule has 0 aliphatic heterocycles. The molecule has 0 atom stereocenters. The lowest BCUT2D eigenvalue weighted by Crippen LogP contribution is -2.56. The minimum absolute atomic E-state index is 0.00366. The van der Waals surface area contributed by atoms with Crippen molar-refractivity contribution in [3.8, 4) is 0 Å². The molecule has 14 heavy (non-hydrogen) atoms. The second kappa shape index (κ2) is 3.62. The molecule has 1 aliphatic carbocycles. The molecule has 6 heteroatoms. The first-order chi connectivity index (χ1) is 6.76. The maximum atomic E-state index is 11.6. The molecule has 1 heterocycles. The molecule has 1 aliphatic rings. The van der Waals surface area contributed by atoms with E-state index in [1.165, 1.54) is 0 Å². The third-order valence-electron chi connectivity index (χ3n) is 2.58. The van der Waals surface area contributed by atoms with E-state index in [2.05, 4.69) is 14.9 Å². The van der Waals surface area contributed by atoms with Crippen LogP contribution in [0.5, 0.6) is 0 Å². The Morgan fingerprint density at radius 3 is 2.93 bits per heavy atom. The maximum absolute atomic E-state index is 11.6. The molecule has 1 fully saturated rings. The number of hydrogen-bond donors (Lipinski definition) is 2. The number of carbonyl (C=O) groups excluding carboxylic acids is 1. The van der Waals surface area contributed by atoms with Crippen molar-refractivity contribution in [2.24, 2.45) is 0 Å². The Bertz CT molecular complexity index is 316. The number of aliphatic hydroxyl groups is 1. The SMILES string of the molecule is O=C(NC1(CO)CCC1)c1csnn1. The van der Waals surface area contributed by atoms with Gasteiger partial charge < -0.3 is 10.4 Å². The summed E-state index contributed by atoms with van der Waals surface area (Å²) in [6.07, 6.45) is 2.73. The molecule has 76 valence electrons. The monoisotopic (exact) mass is 213 g/mol. The molecule has 2 N–H and O–H groups in total. The molecule has 0 unspecified atom stereocenters. The van der Waals surface area contributed by atoms with Crippen LogP contribution in [0.2, 0.25) is 0 Å². The van der Waals surface area contributed by atoms with Crippen molar-refractivity contribution in [3.63, 3.8) is 0 Å². The van der Waals surface area contributed by atoms with Crippen molar-refractivity contribution >= 4 is 17.4 Å². The summed E-state index contributed by atoms with van der Waals surface area (Å²) >= 11 is 1.14. The summed E-state index contributed by atoms with van der Waals surface area (Å²) in [4.78, 5) is 11.6. The van der Waals surface area contributed by atoms with Crippen LogP contribution in [0.25, 0.3) is 0 Å². The Morgan fingerprint density at radius 2 is 2.50 bits per heavy atom. The van der Waals surface area contributed by atoms with Crippen molar-refractivity contribution < 1.29 is 9.90 Å². The second-order valence-corrected chi connectivity index (χ2v) is 4.15. The fraction of sp³-hybridized carbons (Fsp3) is 0.625. The van der Waals surface area contributed by atoms with Gasteiger partial charge in [-0.25, -0.2) is 0 Å². The van der Waals surface area contributed by atoms with E-state index in [1.54, 1.807) is 5.38 Å². The highest BCUT2D eigenvalue weighted by molar-refractivity contribution is 7.03. The van der Waals surface area contributed by atoms with Crippen molar-refractivity contribution in [1.29, 1.82) is 0 Å². The summed E-state index contributed by atoms with van der Waals surface area (Å²) in [6.45, 7) is -0.00366. The van der Waals surface area contributed by atoms with Gasteiger partial charge in [-0.3, -0.25) is 4.79 Å². The predicted molar refractivity (Wildman–Crippen MR) is 51.0 cm³/mol. The van der Waals surface area contributed by atoms with Gasteiger partial charge in [-0.15, -0.1) is 5.10 Å². The summed E-state index contributed by atoms with van der Waals surface area (Å²) in [6, 6.07) is 0. The highest BCUT2D eigenvalue weighted by Crippen LogP contribution is 2.31. The summed E-state index contributed by atoms with van der Waals surface area (Å²) < 4.78 is 3.61. The Balaban J connectivity index is 2.01. The first-order valence-corrected chi connectivity index (χ1v) is 5.30. The lowest BCUT2D eigenvalue weighted by atomic mass is 9.77. The van der Waals surface area contributed by atoms with E-state index < -0.39 is 5.54 Å². The third-order valence-corrected chi connectivity index (χ3v) is 3.09. The van der Waals surface area contributed by atoms with Crippen LogP contribution in [0.1, 0.15) is 29.8 Å². The normalized spacial score (nSPS) is 18.6. The zero-order valence-corrected chi connectivity index (χ0v) is 8.38. The molecule has 0 radical (unpaired) electrons. The molecule has 0 aromatic carbocycles. The van der Waals surface area contributed by atoms with Crippen LogP contribution in [-0.4, -0.2) is 32.7 Å². The van der Waals surface area contributed by atoms with Crippen molar-refractivity contribution in [2.75, 3.05) is 6.61 Å². The lowest BCUT2D eigenvalue weighted by molar-refractivity contribution is 0.0637. The van der Waals surface area contributed by atoms with E-state index in [0.29, 0.717) is 5.69 Å². The smallest absolute Gasteiger partial charge is 0.273 e. The minimum atomic E-state index is -0.402. The molecular formula is C8H11N3O2S. The first-order valence-electron chi connectivity index (χ1n) is 4.46. The Morgan fingerprint density at radius 1 is 1.71 bits per heavy atom. The van der Waals surface area contributed by atoms with Crippen LogP contribution in [-0.2, 0) is 0 Å². The predicted octanol–water partition coefficient (Wildman–Crippen LogP) is 0.183. The van der Waals surface area contributed by atoms with E-state index in [4.69, 9.17) is 5.11 Å². The molecule has 2 rings (SSSR count). The van der Waals surface area contributed by atoms with Gasteiger partial charge in [0.05, 0.1) is 12.1 Å². The topological polar surface area (TPSA) is 75.1 Å². The number of aliphatic hydroxyl groups excluding tert-OH is 1. The molecule has 0 saturated heterocycles. The van der Waals surface area contributed by atoms with Crippen LogP contribution in [0.4, 0.5) is 0 Å². The molecule has 5 nitrogen and oxygen atoms in total. The van der Waals surface area contributed by atoms with Gasteiger partial charge in [0.25, 0.3) is 5.91 Å². The van der Waals surface area contributed by atoms with Gasteiger partial charge in [-0.2, -0.15) is 0 Å². The summed E-state index contributed by atoms with van der Waals surface area (Å²) in [5, 5.41) is 17.2. The molecule has 1 aromatic heterocycles. The number of carbonyl (C=O) groups is 1. The van der Waals surface area contributed by atoms with Crippen LogP contribution >= 0.6 is 11.5 Å². The summed E-state index contributed by atoms with van der Waals surface area (Å²) in [7, 11) is 0. The van der Waals surface area contributed by atoms with Crippen molar-refractivity contribution in [3.05, 3.63) is 11.1 Å². The van der Waals surface area contributed by atoms with Crippen molar-refractivity contribution in [2.45, 2.75) is 24.8 Å². The zero-order chi connectivity index (χ0) is 10.0. The van der Waals surface area contributed by atoms with E-state index >= 15 is 0 Å². The van der Waals surface area contributed by atoms with Crippen molar-refractivity contribution in [1.82, 2.24) is 14.9 Å². The quantitative estimate of drug-likeness (QED) is 0.751. The molecule has 1 saturated carbocycles. The standard InChI is InChI=1S/C8H11N3O2S/c12-5-8(2-1-3-8)9-7(13)6-4-14-11-10-6/h4,12H,1-3,5H2,(H,9,13). The van der Waals surface area contributed by atoms with Crippen LogP contribution < -0.4 is 5.32 Å². The zero-order valence-electron chi connectivity index (χ0n) is 7.56. The van der Waals surface area contributed by atoms with Gasteiger partial charge in [0.1, 0.15) is 0 Å². The second-order valence-electron chi connectivity index (χ2n) is 3.54. The fourth-order valence-corrected chi connectivity index (χ4v) is 1.93. The number of nitrogens with zero attached hydrogens (tertiary/aromatic N) is 2. The average Bonchev–Trinajstić information content (AvgIpc) is 2.63. The first kappa shape index (κ1) is 9.54. The van der Waals surface area contributed by atoms with E-state index in [1.807, 2.05) is 0 Å². The van der Waals surface area contributed by atoms with Gasteiger partial charge >= 0.3 is 0 Å². The van der Waals surface area contributed by atoms with Crippen LogP contribution in [0.3, 0.4) is 0 Å². The Hall–Kier alpha value is -1.01. The number of amides is 1. The highest BCUT2D eigenvalue weighted by Gasteiger charge is 2.38. The van der Waals surface area contributed by atoms with Crippen LogP contribution in [0, 0.1) is 0 Å². The number of hydrogen-bond acceptors (Lipinski definition) is 5. The summed E-state index contributed by atoms with van der Waals surface area (Å²) in [5.74, 6) is -0.243. The maximum Gasteiger partial charge on any atom is 0.273 e. The van der Waals surface area contributed by atoms with Gasteiger partial charge in [-0.1, -0.05) is 4.49 Å². The van der Waals surface area contributed by atoms with E-state index in [0.717, 1.165) is 30.8 Å². The van der Waals surface area contributed by atoms with Crippen LogP contribution in [0.15, 0.2) is 5.38 Å². The van der Waals surface area contributed by atoms with E-state index in [-0.39, 0.29) is 12.5 Å². The summed E-state index contributed by atoms with van der Waals surface area (Å²) in [5.41, 5.74) is -0.0736. The Kier molecular flexibility index (Phi) is 2.47. The molecule has 1 amide bonds.